The molecule has 7 aliphatic carbocycles. The Morgan fingerprint density at radius 1 is 0.917 bits per heavy atom. The zero-order valence-electron chi connectivity index (χ0n) is 29.2. The van der Waals surface area contributed by atoms with E-state index in [1.807, 2.05) is 6.08 Å². The smallest absolute Gasteiger partial charge is 0.306 e. The number of nitrogens with one attached hydrogen (secondary N) is 1. The fraction of sp³-hybridized carbons (Fsp3) is 0.846. The lowest BCUT2D eigenvalue weighted by atomic mass is 9.48. The predicted molar refractivity (Wildman–Crippen MR) is 184 cm³/mol. The molecule has 48 heavy (non-hydrogen) atoms. The molecular formula is C39H57NO7S. The number of ketones is 1. The molecule has 9 heteroatoms. The number of carbonyl (C=O) groups excluding carboxylic acids is 4. The van der Waals surface area contributed by atoms with Gasteiger partial charge in [0.05, 0.1) is 19.8 Å². The van der Waals surface area contributed by atoms with Crippen molar-refractivity contribution >= 4 is 34.5 Å². The summed E-state index contributed by atoms with van der Waals surface area (Å²) in [6.45, 7) is 6.08. The summed E-state index contributed by atoms with van der Waals surface area (Å²) in [6.07, 6.45) is 17.7. The largest absolute Gasteiger partial charge is 0.459 e. The van der Waals surface area contributed by atoms with Gasteiger partial charge >= 0.3 is 5.97 Å². The van der Waals surface area contributed by atoms with Crippen LogP contribution >= 0.6 is 11.8 Å². The van der Waals surface area contributed by atoms with Crippen LogP contribution in [-0.4, -0.2) is 66.6 Å². The summed E-state index contributed by atoms with van der Waals surface area (Å²) in [5, 5.41) is 3.10. The van der Waals surface area contributed by atoms with Crippen molar-refractivity contribution in [1.82, 2.24) is 5.32 Å². The van der Waals surface area contributed by atoms with E-state index >= 15 is 0 Å². The van der Waals surface area contributed by atoms with Crippen LogP contribution in [0.4, 0.5) is 0 Å². The number of esters is 1. The van der Waals surface area contributed by atoms with Crippen molar-refractivity contribution in [3.63, 3.8) is 0 Å². The Labute approximate surface area is 291 Å². The molecule has 0 aromatic rings. The van der Waals surface area contributed by atoms with E-state index in [0.717, 1.165) is 62.7 Å². The van der Waals surface area contributed by atoms with Crippen LogP contribution < -0.4 is 5.32 Å². The Morgan fingerprint density at radius 2 is 1.65 bits per heavy atom. The van der Waals surface area contributed by atoms with E-state index < -0.39 is 5.60 Å². The Hall–Kier alpha value is -1.71. The first-order valence-electron chi connectivity index (χ1n) is 19.1. The minimum Gasteiger partial charge on any atom is -0.459 e. The third kappa shape index (κ3) is 7.21. The third-order valence-corrected chi connectivity index (χ3v) is 15.1. The maximum absolute atomic E-state index is 13.4. The summed E-state index contributed by atoms with van der Waals surface area (Å²) >= 11 is 1.38. The molecule has 8 rings (SSSR count). The predicted octanol–water partition coefficient (Wildman–Crippen LogP) is 6.59. The number of fused-ring (bicyclic) bond motifs is 5. The van der Waals surface area contributed by atoms with Gasteiger partial charge in [0.15, 0.2) is 5.78 Å². The van der Waals surface area contributed by atoms with Crippen LogP contribution in [0.1, 0.15) is 117 Å². The molecule has 6 atom stereocenters. The zero-order chi connectivity index (χ0) is 33.5. The summed E-state index contributed by atoms with van der Waals surface area (Å²) in [5.41, 5.74) is 0.898. The molecule has 1 amide bonds. The molecule has 6 saturated carbocycles. The average Bonchev–Trinajstić information content (AvgIpc) is 3.00. The topological polar surface area (TPSA) is 108 Å². The lowest BCUT2D eigenvalue weighted by Crippen LogP contribution is -2.58. The molecule has 1 N–H and O–H groups in total. The van der Waals surface area contributed by atoms with Crippen LogP contribution in [0.5, 0.6) is 0 Å². The second-order valence-corrected chi connectivity index (χ2v) is 18.6. The zero-order valence-corrected chi connectivity index (χ0v) is 30.1. The van der Waals surface area contributed by atoms with Gasteiger partial charge in [0, 0.05) is 37.0 Å². The Balaban J connectivity index is 0.868. The number of rotatable bonds is 11. The number of thioether (sulfide) groups is 1. The quantitative estimate of drug-likeness (QED) is 0.192. The number of allylic oxidation sites excluding steroid dienone is 2. The molecule has 0 aromatic heterocycles. The lowest BCUT2D eigenvalue weighted by Gasteiger charge is -2.60. The van der Waals surface area contributed by atoms with Gasteiger partial charge in [-0.3, -0.25) is 19.2 Å². The Kier molecular flexibility index (Phi) is 10.2. The van der Waals surface area contributed by atoms with E-state index in [-0.39, 0.29) is 57.3 Å². The average molecular weight is 684 g/mol. The van der Waals surface area contributed by atoms with Crippen LogP contribution in [0, 0.1) is 46.3 Å². The summed E-state index contributed by atoms with van der Waals surface area (Å²) in [4.78, 5) is 51.3. The summed E-state index contributed by atoms with van der Waals surface area (Å²) in [6, 6.07) is 0. The number of hydrogen-bond donors (Lipinski definition) is 1. The second-order valence-electron chi connectivity index (χ2n) is 17.3. The van der Waals surface area contributed by atoms with E-state index in [1.165, 1.54) is 55.9 Å². The molecule has 4 bridgehead atoms. The SMILES string of the molecule is CC12CCC3C(C1CCCCC(=O)O2)[C@H](SC(=O)COCCOCCNC(=O)CC12CC4CC(CC(C4)C1)C2)CC1=CC(=O)CCC13C. The first kappa shape index (κ1) is 34.7. The maximum atomic E-state index is 13.4. The highest BCUT2D eigenvalue weighted by molar-refractivity contribution is 8.14. The monoisotopic (exact) mass is 683 g/mol. The van der Waals surface area contributed by atoms with Gasteiger partial charge < -0.3 is 19.5 Å². The van der Waals surface area contributed by atoms with Gasteiger partial charge in [0.25, 0.3) is 0 Å². The van der Waals surface area contributed by atoms with Crippen molar-refractivity contribution in [2.24, 2.45) is 46.3 Å². The highest BCUT2D eigenvalue weighted by Gasteiger charge is 2.60. The number of hydrogen-bond acceptors (Lipinski definition) is 8. The van der Waals surface area contributed by atoms with Crippen molar-refractivity contribution in [2.75, 3.05) is 33.0 Å². The standard InChI is InChI=1S/C39H57NO7S/c1-37-9-7-29(41)18-28(37)19-32(36-30(37)8-10-38(2)31(36)5-3-4-6-34(43)47-38)48-35(44)24-46-14-13-45-12-11-40-33(42)23-39-20-25-15-26(21-39)17-27(16-25)22-39/h18,25-27,30-32,36H,3-17,19-24H2,1-2H3,(H,40,42)/t25?,26?,27?,30?,31?,32-,36?,37?,38?,39?/m1/s1. The van der Waals surface area contributed by atoms with Crippen LogP contribution in [0.3, 0.4) is 0 Å². The molecule has 5 unspecified atom stereocenters. The van der Waals surface area contributed by atoms with E-state index in [1.54, 1.807) is 0 Å². The normalized spacial score (nSPS) is 41.6. The van der Waals surface area contributed by atoms with E-state index in [9.17, 15) is 19.2 Å². The highest BCUT2D eigenvalue weighted by atomic mass is 32.2. The van der Waals surface area contributed by atoms with Gasteiger partial charge in [-0.25, -0.2) is 0 Å². The molecule has 1 heterocycles. The first-order chi connectivity index (χ1) is 23.0. The highest BCUT2D eigenvalue weighted by Crippen LogP contribution is 2.64. The number of carbonyl (C=O) groups is 4. The van der Waals surface area contributed by atoms with E-state index in [0.29, 0.717) is 51.5 Å². The molecule has 1 aliphatic heterocycles. The number of amides is 1. The van der Waals surface area contributed by atoms with Crippen LogP contribution in [-0.2, 0) is 33.4 Å². The Bertz CT molecular complexity index is 1260. The Morgan fingerprint density at radius 3 is 2.40 bits per heavy atom. The molecule has 8 nitrogen and oxygen atoms in total. The van der Waals surface area contributed by atoms with Crippen LogP contribution in [0.25, 0.3) is 0 Å². The third-order valence-electron chi connectivity index (χ3n) is 13.9. The molecule has 7 fully saturated rings. The van der Waals surface area contributed by atoms with Gasteiger partial charge in [0.2, 0.25) is 11.0 Å². The fourth-order valence-electron chi connectivity index (χ4n) is 12.3. The van der Waals surface area contributed by atoms with Gasteiger partial charge in [-0.1, -0.05) is 30.7 Å². The molecule has 0 aromatic carbocycles. The van der Waals surface area contributed by atoms with Crippen molar-refractivity contribution in [2.45, 2.75) is 127 Å². The van der Waals surface area contributed by atoms with Gasteiger partial charge in [-0.2, -0.15) is 0 Å². The molecular weight excluding hydrogens is 626 g/mol. The summed E-state index contributed by atoms with van der Waals surface area (Å²) < 4.78 is 17.7. The minimum atomic E-state index is -0.509. The molecule has 1 saturated heterocycles. The molecule has 0 spiro atoms. The maximum Gasteiger partial charge on any atom is 0.306 e. The summed E-state index contributed by atoms with van der Waals surface area (Å²) in [5.74, 6) is 3.61. The van der Waals surface area contributed by atoms with E-state index in [4.69, 9.17) is 14.2 Å². The number of ether oxygens (including phenoxy) is 3. The van der Waals surface area contributed by atoms with Gasteiger partial charge in [-0.15, -0.1) is 0 Å². The van der Waals surface area contributed by atoms with Gasteiger partial charge in [0.1, 0.15) is 12.2 Å². The van der Waals surface area contributed by atoms with Crippen molar-refractivity contribution < 1.29 is 33.4 Å². The minimum absolute atomic E-state index is 0.00264. The lowest BCUT2D eigenvalue weighted by molar-refractivity contribution is -0.183. The first-order valence-corrected chi connectivity index (χ1v) is 20.0. The molecule has 0 radical (unpaired) electrons. The van der Waals surface area contributed by atoms with Crippen LogP contribution in [0.2, 0.25) is 0 Å². The molecule has 266 valence electrons. The second kappa shape index (κ2) is 14.1. The summed E-state index contributed by atoms with van der Waals surface area (Å²) in [7, 11) is 0. The van der Waals surface area contributed by atoms with E-state index in [2.05, 4.69) is 19.2 Å². The van der Waals surface area contributed by atoms with Crippen LogP contribution in [0.15, 0.2) is 11.6 Å². The van der Waals surface area contributed by atoms with Gasteiger partial charge in [-0.05, 0) is 130 Å². The van der Waals surface area contributed by atoms with Crippen molar-refractivity contribution in [1.29, 1.82) is 0 Å². The fourth-order valence-corrected chi connectivity index (χ4v) is 13.5. The molecule has 8 aliphatic rings. The van der Waals surface area contributed by atoms with Crippen molar-refractivity contribution in [3.8, 4) is 0 Å². The van der Waals surface area contributed by atoms with Crippen molar-refractivity contribution in [3.05, 3.63) is 11.6 Å².